The summed E-state index contributed by atoms with van der Waals surface area (Å²) in [7, 11) is -4.44. The van der Waals surface area contributed by atoms with Gasteiger partial charge < -0.3 is 4.74 Å². The molecule has 17 heavy (non-hydrogen) atoms. The molecule has 1 aromatic carbocycles. The number of hydrogen-bond donors (Lipinski definition) is 1. The van der Waals surface area contributed by atoms with Crippen LogP contribution in [0.1, 0.15) is 5.56 Å². The van der Waals surface area contributed by atoms with Gasteiger partial charge >= 0.3 is 0 Å². The highest BCUT2D eigenvalue weighted by Crippen LogP contribution is 2.24. The smallest absolute Gasteiger partial charge is 0.294 e. The Morgan fingerprint density at radius 3 is 2.59 bits per heavy atom. The van der Waals surface area contributed by atoms with Crippen LogP contribution in [0.15, 0.2) is 23.1 Å². The molecule has 0 saturated carbocycles. The molecular formula is C9H9NO6S. The first-order valence-corrected chi connectivity index (χ1v) is 6.18. The first-order chi connectivity index (χ1) is 7.86. The number of rotatable bonds is 4. The second-order valence-corrected chi connectivity index (χ2v) is 5.15. The van der Waals surface area contributed by atoms with Gasteiger partial charge in [0.25, 0.3) is 15.8 Å². The number of epoxide rings is 1. The first-order valence-electron chi connectivity index (χ1n) is 4.74. The Bertz CT molecular complexity index is 563. The predicted octanol–water partition coefficient (Wildman–Crippen LogP) is 0.783. The van der Waals surface area contributed by atoms with Crippen molar-refractivity contribution >= 4 is 15.8 Å². The Labute approximate surface area is 96.9 Å². The van der Waals surface area contributed by atoms with E-state index in [0.717, 1.165) is 6.07 Å². The van der Waals surface area contributed by atoms with Crippen LogP contribution >= 0.6 is 0 Å². The Morgan fingerprint density at radius 1 is 1.47 bits per heavy atom. The summed E-state index contributed by atoms with van der Waals surface area (Å²) in [5.74, 6) is 0. The minimum absolute atomic E-state index is 0.0220. The van der Waals surface area contributed by atoms with E-state index in [4.69, 9.17) is 9.29 Å². The molecule has 0 aromatic heterocycles. The molecule has 1 fully saturated rings. The van der Waals surface area contributed by atoms with E-state index in [0.29, 0.717) is 18.6 Å². The van der Waals surface area contributed by atoms with Gasteiger partial charge in [-0.3, -0.25) is 14.7 Å². The molecule has 0 aliphatic carbocycles. The fourth-order valence-electron chi connectivity index (χ4n) is 1.46. The third-order valence-corrected chi connectivity index (χ3v) is 3.16. The quantitative estimate of drug-likeness (QED) is 0.370. The van der Waals surface area contributed by atoms with Crippen LogP contribution in [0.4, 0.5) is 5.69 Å². The highest BCUT2D eigenvalue weighted by molar-refractivity contribution is 7.85. The predicted molar refractivity (Wildman–Crippen MR) is 56.4 cm³/mol. The van der Waals surface area contributed by atoms with Gasteiger partial charge in [0, 0.05) is 18.6 Å². The van der Waals surface area contributed by atoms with Gasteiger partial charge in [-0.2, -0.15) is 8.42 Å². The normalized spacial score (nSPS) is 19.0. The molecule has 1 saturated heterocycles. The number of nitrogens with zero attached hydrogens (tertiary/aromatic N) is 1. The molecule has 8 heteroatoms. The molecule has 1 unspecified atom stereocenters. The maximum atomic E-state index is 11.0. The van der Waals surface area contributed by atoms with E-state index in [1.165, 1.54) is 12.1 Å². The van der Waals surface area contributed by atoms with Gasteiger partial charge in [0.2, 0.25) is 0 Å². The fraction of sp³-hybridized carbons (Fsp3) is 0.333. The molecule has 92 valence electrons. The average Bonchev–Trinajstić information content (AvgIpc) is 2.99. The van der Waals surface area contributed by atoms with Crippen LogP contribution in [0.25, 0.3) is 0 Å². The molecule has 1 heterocycles. The maximum absolute atomic E-state index is 11.0. The minimum Gasteiger partial charge on any atom is -0.373 e. The average molecular weight is 259 g/mol. The van der Waals surface area contributed by atoms with Crippen molar-refractivity contribution in [3.05, 3.63) is 33.9 Å². The van der Waals surface area contributed by atoms with E-state index in [-0.39, 0.29) is 11.8 Å². The van der Waals surface area contributed by atoms with Gasteiger partial charge in [-0.1, -0.05) is 0 Å². The largest absolute Gasteiger partial charge is 0.373 e. The van der Waals surface area contributed by atoms with Gasteiger partial charge in [-0.25, -0.2) is 0 Å². The van der Waals surface area contributed by atoms with Gasteiger partial charge in [0.05, 0.1) is 17.6 Å². The Balaban J connectivity index is 2.44. The lowest BCUT2D eigenvalue weighted by molar-refractivity contribution is -0.385. The van der Waals surface area contributed by atoms with Gasteiger partial charge in [0.1, 0.15) is 4.90 Å². The Hall–Kier alpha value is -1.51. The summed E-state index contributed by atoms with van der Waals surface area (Å²) in [6, 6.07) is 3.31. The van der Waals surface area contributed by atoms with E-state index in [1.54, 1.807) is 0 Å². The van der Waals surface area contributed by atoms with Crippen molar-refractivity contribution in [2.45, 2.75) is 17.4 Å². The zero-order valence-electron chi connectivity index (χ0n) is 8.57. The lowest BCUT2D eigenvalue weighted by Crippen LogP contribution is -2.03. The molecule has 1 aliphatic rings. The fourth-order valence-corrected chi connectivity index (χ4v) is 2.03. The summed E-state index contributed by atoms with van der Waals surface area (Å²) in [4.78, 5) is 9.46. The van der Waals surface area contributed by atoms with Gasteiger partial charge in [0.15, 0.2) is 0 Å². The van der Waals surface area contributed by atoms with Crippen LogP contribution in [0, 0.1) is 10.1 Å². The number of nitro benzene ring substituents is 1. The Kier molecular flexibility index (Phi) is 2.86. The number of nitro groups is 1. The summed E-state index contributed by atoms with van der Waals surface area (Å²) >= 11 is 0. The lowest BCUT2D eigenvalue weighted by Gasteiger charge is -2.02. The second kappa shape index (κ2) is 4.06. The van der Waals surface area contributed by atoms with Crippen LogP contribution in [-0.2, 0) is 21.3 Å². The topological polar surface area (TPSA) is 110 Å². The highest BCUT2D eigenvalue weighted by Gasteiger charge is 2.25. The van der Waals surface area contributed by atoms with E-state index < -0.39 is 19.9 Å². The van der Waals surface area contributed by atoms with Crippen molar-refractivity contribution in [3.63, 3.8) is 0 Å². The van der Waals surface area contributed by atoms with Gasteiger partial charge in [-0.15, -0.1) is 0 Å². The third-order valence-electron chi connectivity index (χ3n) is 2.33. The molecule has 1 N–H and O–H groups in total. The maximum Gasteiger partial charge on any atom is 0.294 e. The molecular weight excluding hydrogens is 250 g/mol. The van der Waals surface area contributed by atoms with Crippen LogP contribution < -0.4 is 0 Å². The zero-order valence-corrected chi connectivity index (χ0v) is 9.38. The van der Waals surface area contributed by atoms with Crippen molar-refractivity contribution in [2.75, 3.05) is 6.61 Å². The molecule has 1 atom stereocenters. The number of ether oxygens (including phenoxy) is 1. The van der Waals surface area contributed by atoms with Crippen molar-refractivity contribution in [3.8, 4) is 0 Å². The lowest BCUT2D eigenvalue weighted by atomic mass is 10.1. The summed E-state index contributed by atoms with van der Waals surface area (Å²) < 4.78 is 35.8. The number of hydrogen-bond acceptors (Lipinski definition) is 5. The van der Waals surface area contributed by atoms with E-state index in [9.17, 15) is 18.5 Å². The molecule has 1 aromatic rings. The van der Waals surface area contributed by atoms with E-state index >= 15 is 0 Å². The SMILES string of the molecule is O=[N+]([O-])c1cc(CC2CO2)cc(S(=O)(=O)O)c1. The van der Waals surface area contributed by atoms with Crippen LogP contribution in [-0.4, -0.2) is 30.6 Å². The van der Waals surface area contributed by atoms with Crippen molar-refractivity contribution in [2.24, 2.45) is 0 Å². The van der Waals surface area contributed by atoms with E-state index in [2.05, 4.69) is 0 Å². The van der Waals surface area contributed by atoms with Crippen LogP contribution in [0.2, 0.25) is 0 Å². The molecule has 0 radical (unpaired) electrons. The van der Waals surface area contributed by atoms with Gasteiger partial charge in [-0.05, 0) is 11.6 Å². The van der Waals surface area contributed by atoms with Crippen molar-refractivity contribution in [1.29, 1.82) is 0 Å². The molecule has 2 rings (SSSR count). The monoisotopic (exact) mass is 259 g/mol. The minimum atomic E-state index is -4.44. The molecule has 0 spiro atoms. The van der Waals surface area contributed by atoms with E-state index in [1.807, 2.05) is 0 Å². The highest BCUT2D eigenvalue weighted by atomic mass is 32.2. The molecule has 0 amide bonds. The van der Waals surface area contributed by atoms with Crippen molar-refractivity contribution in [1.82, 2.24) is 0 Å². The van der Waals surface area contributed by atoms with Crippen LogP contribution in [0.5, 0.6) is 0 Å². The molecule has 1 aliphatic heterocycles. The van der Waals surface area contributed by atoms with Crippen LogP contribution in [0.3, 0.4) is 0 Å². The summed E-state index contributed by atoms with van der Waals surface area (Å²) in [5, 5.41) is 10.6. The zero-order chi connectivity index (χ0) is 12.6. The standard InChI is InChI=1S/C9H9NO6S/c11-10(12)7-1-6(2-8-5-16-8)3-9(4-7)17(13,14)15/h1,3-4,8H,2,5H2,(H,13,14,15). The second-order valence-electron chi connectivity index (χ2n) is 3.73. The molecule has 0 bridgehead atoms. The summed E-state index contributed by atoms with van der Waals surface area (Å²) in [5.41, 5.74) is 0.0881. The first kappa shape index (κ1) is 12.0. The summed E-state index contributed by atoms with van der Waals surface area (Å²) in [6.45, 7) is 0.559. The Morgan fingerprint density at radius 2 is 2.12 bits per heavy atom. The summed E-state index contributed by atoms with van der Waals surface area (Å²) in [6.07, 6.45) is 0.371. The number of non-ortho nitro benzene ring substituents is 1. The third kappa shape index (κ3) is 2.99. The van der Waals surface area contributed by atoms with Crippen molar-refractivity contribution < 1.29 is 22.6 Å². The number of benzene rings is 1. The molecule has 7 nitrogen and oxygen atoms in total.